The lowest BCUT2D eigenvalue weighted by Crippen LogP contribution is -2.84. The molecule has 3 aliphatic heterocycles. The maximum Gasteiger partial charge on any atom is 0.251 e. The number of rotatable bonds is 4. The third-order valence-corrected chi connectivity index (χ3v) is 7.38. The molecule has 158 valence electrons. The van der Waals surface area contributed by atoms with Crippen LogP contribution in [-0.2, 0) is 9.59 Å². The third kappa shape index (κ3) is 3.66. The van der Waals surface area contributed by atoms with Crippen molar-refractivity contribution in [1.29, 1.82) is 0 Å². The molecule has 4 rings (SSSR count). The molecule has 0 aromatic rings. The number of piperazine rings is 1. The lowest BCUT2D eigenvalue weighted by molar-refractivity contribution is -0.186. The summed E-state index contributed by atoms with van der Waals surface area (Å²) >= 11 is 6.27. The molecule has 1 spiro atoms. The van der Waals surface area contributed by atoms with Crippen LogP contribution < -0.4 is 10.6 Å². The number of carbonyl (C=O) groups excluding carboxylic acids is 2. The molecule has 0 aromatic carbocycles. The Balaban J connectivity index is 1.51. The zero-order chi connectivity index (χ0) is 19.9. The predicted octanol–water partition coefficient (Wildman–Crippen LogP) is 0.784. The quantitative estimate of drug-likeness (QED) is 0.669. The fourth-order valence-electron chi connectivity index (χ4n) is 5.19. The van der Waals surface area contributed by atoms with Crippen LogP contribution in [0.1, 0.15) is 46.0 Å². The van der Waals surface area contributed by atoms with Crippen molar-refractivity contribution in [3.63, 3.8) is 0 Å². The van der Waals surface area contributed by atoms with E-state index in [0.29, 0.717) is 25.6 Å². The molecule has 4 fully saturated rings. The van der Waals surface area contributed by atoms with Crippen LogP contribution in [0.15, 0.2) is 0 Å². The summed E-state index contributed by atoms with van der Waals surface area (Å²) in [5.74, 6) is 0.680. The first-order valence-corrected chi connectivity index (χ1v) is 11.3. The highest BCUT2D eigenvalue weighted by atomic mass is 35.5. The van der Waals surface area contributed by atoms with Gasteiger partial charge in [0.15, 0.2) is 0 Å². The number of nitrogens with zero attached hydrogens (tertiary/aromatic N) is 3. The molecule has 4 aliphatic rings. The molecule has 0 bridgehead atoms. The average Bonchev–Trinajstić information content (AvgIpc) is 2.65. The van der Waals surface area contributed by atoms with Crippen LogP contribution in [0.3, 0.4) is 0 Å². The van der Waals surface area contributed by atoms with Gasteiger partial charge in [0.05, 0.1) is 0 Å². The standard InChI is InChI=1S/C20H34ClN5O2/c1-14(2)25-11-17(27)26(10-15-4-6-16(21)7-5-15)20(18(25)28)12-24(13-20)19-22-8-3-9-23-19/h14-16,19,22-23H,3-13H2,1-2H3. The Bertz CT molecular complexity index is 595. The Labute approximate surface area is 173 Å². The van der Waals surface area contributed by atoms with Gasteiger partial charge in [-0.1, -0.05) is 0 Å². The molecule has 1 aliphatic carbocycles. The van der Waals surface area contributed by atoms with E-state index in [9.17, 15) is 9.59 Å². The van der Waals surface area contributed by atoms with Crippen LogP contribution in [0.2, 0.25) is 0 Å². The first-order valence-electron chi connectivity index (χ1n) is 10.9. The van der Waals surface area contributed by atoms with Crippen molar-refractivity contribution >= 4 is 23.4 Å². The van der Waals surface area contributed by atoms with Gasteiger partial charge in [0.2, 0.25) is 5.91 Å². The van der Waals surface area contributed by atoms with Crippen molar-refractivity contribution in [1.82, 2.24) is 25.3 Å². The molecule has 0 radical (unpaired) electrons. The molecule has 0 atom stereocenters. The van der Waals surface area contributed by atoms with E-state index in [4.69, 9.17) is 11.6 Å². The molecule has 28 heavy (non-hydrogen) atoms. The first kappa shape index (κ1) is 20.4. The van der Waals surface area contributed by atoms with Crippen LogP contribution in [0.4, 0.5) is 0 Å². The summed E-state index contributed by atoms with van der Waals surface area (Å²) in [7, 11) is 0. The normalized spacial score (nSPS) is 32.3. The van der Waals surface area contributed by atoms with E-state index in [1.807, 2.05) is 18.7 Å². The topological polar surface area (TPSA) is 67.9 Å². The van der Waals surface area contributed by atoms with Crippen LogP contribution in [0.25, 0.3) is 0 Å². The maximum absolute atomic E-state index is 13.5. The smallest absolute Gasteiger partial charge is 0.251 e. The molecule has 2 amide bonds. The number of hydrogen-bond acceptors (Lipinski definition) is 5. The van der Waals surface area contributed by atoms with Crippen molar-refractivity contribution in [3.05, 3.63) is 0 Å². The summed E-state index contributed by atoms with van der Waals surface area (Å²) in [6, 6.07) is 0.0437. The van der Waals surface area contributed by atoms with Gasteiger partial charge in [0, 0.05) is 31.1 Å². The lowest BCUT2D eigenvalue weighted by atomic mass is 9.80. The average molecular weight is 412 g/mol. The van der Waals surface area contributed by atoms with Gasteiger partial charge in [0.1, 0.15) is 18.4 Å². The van der Waals surface area contributed by atoms with Crippen LogP contribution >= 0.6 is 11.6 Å². The summed E-state index contributed by atoms with van der Waals surface area (Å²) in [6.45, 7) is 8.08. The summed E-state index contributed by atoms with van der Waals surface area (Å²) in [5, 5.41) is 7.22. The number of hydrogen-bond donors (Lipinski definition) is 2. The van der Waals surface area contributed by atoms with E-state index in [1.165, 1.54) is 0 Å². The summed E-state index contributed by atoms with van der Waals surface area (Å²) in [5.41, 5.74) is -0.696. The van der Waals surface area contributed by atoms with Gasteiger partial charge in [-0.2, -0.15) is 0 Å². The fourth-order valence-corrected chi connectivity index (χ4v) is 5.44. The number of likely N-dealkylation sites (tertiary alicyclic amines) is 1. The monoisotopic (exact) mass is 411 g/mol. The zero-order valence-electron chi connectivity index (χ0n) is 17.1. The molecule has 7 nitrogen and oxygen atoms in total. The van der Waals surface area contributed by atoms with Gasteiger partial charge in [-0.05, 0) is 65.0 Å². The largest absolute Gasteiger partial charge is 0.329 e. The van der Waals surface area contributed by atoms with E-state index >= 15 is 0 Å². The molecule has 0 aromatic heterocycles. The van der Waals surface area contributed by atoms with E-state index in [1.54, 1.807) is 4.90 Å². The first-order chi connectivity index (χ1) is 13.4. The number of nitrogens with one attached hydrogen (secondary N) is 2. The number of halogens is 1. The Hall–Kier alpha value is -0.890. The highest BCUT2D eigenvalue weighted by Gasteiger charge is 2.61. The minimum atomic E-state index is -0.696. The Morgan fingerprint density at radius 3 is 2.36 bits per heavy atom. The van der Waals surface area contributed by atoms with Gasteiger partial charge in [-0.15, -0.1) is 11.6 Å². The Morgan fingerprint density at radius 2 is 1.75 bits per heavy atom. The molecule has 1 saturated carbocycles. The molecule has 3 saturated heterocycles. The zero-order valence-corrected chi connectivity index (χ0v) is 17.9. The number of carbonyl (C=O) groups is 2. The van der Waals surface area contributed by atoms with Gasteiger partial charge in [-0.3, -0.25) is 25.1 Å². The molecular formula is C20H34ClN5O2. The van der Waals surface area contributed by atoms with Crippen molar-refractivity contribution in [2.75, 3.05) is 39.3 Å². The van der Waals surface area contributed by atoms with Crippen molar-refractivity contribution < 1.29 is 9.59 Å². The maximum atomic E-state index is 13.5. The van der Waals surface area contributed by atoms with E-state index in [2.05, 4.69) is 15.5 Å². The lowest BCUT2D eigenvalue weighted by Gasteiger charge is -2.61. The molecule has 0 unspecified atom stereocenters. The fraction of sp³-hybridized carbons (Fsp3) is 0.900. The molecule has 3 heterocycles. The van der Waals surface area contributed by atoms with Gasteiger partial charge in [-0.25, -0.2) is 0 Å². The van der Waals surface area contributed by atoms with E-state index < -0.39 is 5.54 Å². The Morgan fingerprint density at radius 1 is 1.11 bits per heavy atom. The molecule has 8 heteroatoms. The molecule has 2 N–H and O–H groups in total. The minimum absolute atomic E-state index is 0.0437. The van der Waals surface area contributed by atoms with Crippen molar-refractivity contribution in [3.8, 4) is 0 Å². The van der Waals surface area contributed by atoms with Crippen molar-refractivity contribution in [2.24, 2.45) is 5.92 Å². The van der Waals surface area contributed by atoms with Gasteiger partial charge in [0.25, 0.3) is 5.91 Å². The highest BCUT2D eigenvalue weighted by Crippen LogP contribution is 2.37. The number of amides is 2. The predicted molar refractivity (Wildman–Crippen MR) is 109 cm³/mol. The van der Waals surface area contributed by atoms with Crippen LogP contribution in [0, 0.1) is 5.92 Å². The number of alkyl halides is 1. The van der Waals surface area contributed by atoms with Crippen LogP contribution in [0.5, 0.6) is 0 Å². The summed E-state index contributed by atoms with van der Waals surface area (Å²) < 4.78 is 0. The van der Waals surface area contributed by atoms with Crippen LogP contribution in [-0.4, -0.2) is 89.0 Å². The summed E-state index contributed by atoms with van der Waals surface area (Å²) in [4.78, 5) is 32.6. The minimum Gasteiger partial charge on any atom is -0.329 e. The SMILES string of the molecule is CC(C)N1CC(=O)N(CC2CCC(Cl)CC2)C2(CN(C3NCCCN3)C2)C1=O. The third-order valence-electron chi connectivity index (χ3n) is 6.95. The summed E-state index contributed by atoms with van der Waals surface area (Å²) in [6.07, 6.45) is 5.33. The van der Waals surface area contributed by atoms with Crippen molar-refractivity contribution in [2.45, 2.75) is 69.2 Å². The van der Waals surface area contributed by atoms with Gasteiger partial charge < -0.3 is 9.80 Å². The van der Waals surface area contributed by atoms with Gasteiger partial charge >= 0.3 is 0 Å². The second kappa shape index (κ2) is 8.09. The van der Waals surface area contributed by atoms with E-state index in [0.717, 1.165) is 45.2 Å². The molecular weight excluding hydrogens is 378 g/mol. The van der Waals surface area contributed by atoms with E-state index in [-0.39, 0.29) is 36.1 Å². The highest BCUT2D eigenvalue weighted by molar-refractivity contribution is 6.20. The second-order valence-electron chi connectivity index (χ2n) is 9.25. The second-order valence-corrected chi connectivity index (χ2v) is 9.87. The Kier molecular flexibility index (Phi) is 5.89.